The van der Waals surface area contributed by atoms with Gasteiger partial charge in [0.1, 0.15) is 18.0 Å². The molecule has 0 saturated carbocycles. The Labute approximate surface area is 245 Å². The number of hydrogen-bond acceptors (Lipinski definition) is 7. The Balaban J connectivity index is 0.00000189. The van der Waals surface area contributed by atoms with E-state index in [1.165, 1.54) is 7.11 Å². The number of carbonyl (C=O) groups excluding carboxylic acids is 2. The fraction of sp³-hybridized carbons (Fsp3) is 0.281. The van der Waals surface area contributed by atoms with Crippen molar-refractivity contribution in [3.05, 3.63) is 89.1 Å². The lowest BCUT2D eigenvalue weighted by Gasteiger charge is -2.18. The van der Waals surface area contributed by atoms with Crippen LogP contribution in [-0.4, -0.2) is 37.4 Å². The molecular weight excluding hydrogens is 542 g/mol. The van der Waals surface area contributed by atoms with E-state index in [-0.39, 0.29) is 18.5 Å². The second kappa shape index (κ2) is 13.9. The molecule has 0 bridgehead atoms. The van der Waals surface area contributed by atoms with Gasteiger partial charge in [-0.1, -0.05) is 85.2 Å². The summed E-state index contributed by atoms with van der Waals surface area (Å²) in [6.45, 7) is 7.29. The van der Waals surface area contributed by atoms with Crippen molar-refractivity contribution in [3.8, 4) is 22.5 Å². The number of ether oxygens (including phenoxy) is 2. The van der Waals surface area contributed by atoms with Crippen molar-refractivity contribution < 1.29 is 23.6 Å². The van der Waals surface area contributed by atoms with E-state index < -0.39 is 6.09 Å². The van der Waals surface area contributed by atoms with Crippen LogP contribution in [0.4, 0.5) is 16.2 Å². The number of amides is 1. The predicted octanol–water partition coefficient (Wildman–Crippen LogP) is 7.74. The van der Waals surface area contributed by atoms with Gasteiger partial charge in [-0.05, 0) is 42.7 Å². The number of hydrogen-bond donors (Lipinski definition) is 1. The van der Waals surface area contributed by atoms with Crippen LogP contribution in [0.2, 0.25) is 5.02 Å². The average molecular weight is 576 g/mol. The van der Waals surface area contributed by atoms with Gasteiger partial charge in [0, 0.05) is 34.9 Å². The summed E-state index contributed by atoms with van der Waals surface area (Å²) in [6.07, 6.45) is 0.169. The number of carbonyl (C=O) groups is 2. The number of rotatable bonds is 7. The van der Waals surface area contributed by atoms with Crippen molar-refractivity contribution in [1.29, 1.82) is 0 Å². The van der Waals surface area contributed by atoms with Gasteiger partial charge in [-0.15, -0.1) is 0 Å². The van der Waals surface area contributed by atoms with Crippen LogP contribution in [0, 0.1) is 12.8 Å². The van der Waals surface area contributed by atoms with E-state index in [0.29, 0.717) is 34.3 Å². The minimum absolute atomic E-state index is 0.0439. The molecule has 5 rings (SSSR count). The minimum Gasteiger partial charge on any atom is -0.469 e. The molecule has 1 aliphatic heterocycles. The fourth-order valence-corrected chi connectivity index (χ4v) is 4.83. The van der Waals surface area contributed by atoms with Gasteiger partial charge in [-0.3, -0.25) is 10.1 Å². The second-order valence-corrected chi connectivity index (χ2v) is 9.75. The van der Waals surface area contributed by atoms with Crippen LogP contribution < -0.4 is 10.2 Å². The third kappa shape index (κ3) is 7.08. The summed E-state index contributed by atoms with van der Waals surface area (Å²) >= 11 is 6.14. The molecule has 0 spiro atoms. The van der Waals surface area contributed by atoms with Gasteiger partial charge in [0.25, 0.3) is 0 Å². The zero-order valence-electron chi connectivity index (χ0n) is 23.6. The van der Waals surface area contributed by atoms with E-state index in [0.717, 1.165) is 35.3 Å². The third-order valence-electron chi connectivity index (χ3n) is 6.84. The molecule has 214 valence electrons. The summed E-state index contributed by atoms with van der Waals surface area (Å²) in [5, 5.41) is 7.31. The summed E-state index contributed by atoms with van der Waals surface area (Å²) in [6, 6.07) is 23.3. The maximum Gasteiger partial charge on any atom is 0.412 e. The van der Waals surface area contributed by atoms with Crippen molar-refractivity contribution in [3.63, 3.8) is 0 Å². The van der Waals surface area contributed by atoms with Crippen LogP contribution in [0.1, 0.15) is 31.5 Å². The maximum absolute atomic E-state index is 12.5. The lowest BCUT2D eigenvalue weighted by Crippen LogP contribution is -2.23. The SMILES string of the molecule is CC.COC(=O)C1CCN(c2ccc(-c3ccc(-c4onc(C)c4NC(=O)OCc4ccccc4Cl)cc3)cc2)C1. The van der Waals surface area contributed by atoms with E-state index in [1.807, 2.05) is 50.2 Å². The van der Waals surface area contributed by atoms with Crippen LogP contribution in [0.25, 0.3) is 22.5 Å². The first-order chi connectivity index (χ1) is 19.9. The Bertz CT molecular complexity index is 1470. The molecule has 1 aliphatic rings. The quantitative estimate of drug-likeness (QED) is 0.225. The average Bonchev–Trinajstić information content (AvgIpc) is 3.65. The zero-order chi connectivity index (χ0) is 29.4. The van der Waals surface area contributed by atoms with Crippen LogP contribution in [0.15, 0.2) is 77.3 Å². The smallest absolute Gasteiger partial charge is 0.412 e. The Morgan fingerprint density at radius 1 is 1.00 bits per heavy atom. The molecule has 0 aliphatic carbocycles. The first kappa shape index (κ1) is 29.7. The van der Waals surface area contributed by atoms with Gasteiger partial charge in [0.15, 0.2) is 5.76 Å². The minimum atomic E-state index is -0.630. The van der Waals surface area contributed by atoms with Crippen LogP contribution in [0.5, 0.6) is 0 Å². The standard InChI is InChI=1S/C30H28ClN3O5.C2H6/c1-19-27(32-30(36)38-18-24-5-3-4-6-26(24)31)28(39-33-19)22-9-7-20(8-10-22)21-11-13-25(14-12-21)34-16-15-23(17-34)29(35)37-2;1-2/h3-14,23H,15-18H2,1-2H3,(H,32,36);1-2H3. The summed E-state index contributed by atoms with van der Waals surface area (Å²) in [7, 11) is 1.43. The molecule has 1 aromatic heterocycles. The number of benzene rings is 3. The molecule has 1 unspecified atom stereocenters. The lowest BCUT2D eigenvalue weighted by atomic mass is 10.0. The molecule has 8 nitrogen and oxygen atoms in total. The summed E-state index contributed by atoms with van der Waals surface area (Å²) in [5.41, 5.74) is 5.64. The molecule has 9 heteroatoms. The number of anilines is 2. The molecule has 1 amide bonds. The van der Waals surface area contributed by atoms with Crippen molar-refractivity contribution in [2.24, 2.45) is 5.92 Å². The van der Waals surface area contributed by atoms with E-state index in [4.69, 9.17) is 25.6 Å². The van der Waals surface area contributed by atoms with Crippen molar-refractivity contribution >= 4 is 35.0 Å². The highest BCUT2D eigenvalue weighted by Crippen LogP contribution is 2.33. The third-order valence-corrected chi connectivity index (χ3v) is 7.21. The maximum atomic E-state index is 12.5. The van der Waals surface area contributed by atoms with Crippen LogP contribution >= 0.6 is 11.6 Å². The summed E-state index contributed by atoms with van der Waals surface area (Å²) in [5.74, 6) is 0.215. The molecule has 41 heavy (non-hydrogen) atoms. The molecule has 0 radical (unpaired) electrons. The number of aromatic nitrogens is 1. The van der Waals surface area contributed by atoms with Crippen molar-refractivity contribution in [2.45, 2.75) is 33.8 Å². The Morgan fingerprint density at radius 2 is 1.63 bits per heavy atom. The predicted molar refractivity (Wildman–Crippen MR) is 161 cm³/mol. The molecule has 3 aromatic carbocycles. The summed E-state index contributed by atoms with van der Waals surface area (Å²) in [4.78, 5) is 26.5. The van der Waals surface area contributed by atoms with Gasteiger partial charge < -0.3 is 18.9 Å². The topological polar surface area (TPSA) is 93.9 Å². The van der Waals surface area contributed by atoms with E-state index >= 15 is 0 Å². The number of nitrogens with zero attached hydrogens (tertiary/aromatic N) is 2. The highest BCUT2D eigenvalue weighted by atomic mass is 35.5. The molecule has 1 fully saturated rings. The monoisotopic (exact) mass is 575 g/mol. The highest BCUT2D eigenvalue weighted by Gasteiger charge is 2.29. The fourth-order valence-electron chi connectivity index (χ4n) is 4.64. The molecule has 1 N–H and O–H groups in total. The number of nitrogens with one attached hydrogen (secondary N) is 1. The number of methoxy groups -OCH3 is 1. The van der Waals surface area contributed by atoms with Crippen LogP contribution in [0.3, 0.4) is 0 Å². The Kier molecular flexibility index (Phi) is 10.0. The first-order valence-corrected chi connectivity index (χ1v) is 14.0. The summed E-state index contributed by atoms with van der Waals surface area (Å²) < 4.78 is 15.8. The van der Waals surface area contributed by atoms with E-state index in [9.17, 15) is 9.59 Å². The van der Waals surface area contributed by atoms with E-state index in [1.54, 1.807) is 19.1 Å². The zero-order valence-corrected chi connectivity index (χ0v) is 24.4. The largest absolute Gasteiger partial charge is 0.469 e. The highest BCUT2D eigenvalue weighted by molar-refractivity contribution is 6.31. The van der Waals surface area contributed by atoms with Gasteiger partial charge in [-0.25, -0.2) is 4.79 Å². The molecular formula is C32H34ClN3O5. The first-order valence-electron chi connectivity index (χ1n) is 13.6. The van der Waals surface area contributed by atoms with Gasteiger partial charge in [0.2, 0.25) is 0 Å². The number of halogens is 1. The second-order valence-electron chi connectivity index (χ2n) is 9.34. The van der Waals surface area contributed by atoms with Gasteiger partial charge >= 0.3 is 12.1 Å². The van der Waals surface area contributed by atoms with Crippen molar-refractivity contribution in [1.82, 2.24) is 5.16 Å². The van der Waals surface area contributed by atoms with E-state index in [2.05, 4.69) is 39.6 Å². The van der Waals surface area contributed by atoms with Gasteiger partial charge in [0.05, 0.1) is 13.0 Å². The molecule has 1 saturated heterocycles. The van der Waals surface area contributed by atoms with Crippen LogP contribution in [-0.2, 0) is 20.9 Å². The Morgan fingerprint density at radius 3 is 2.29 bits per heavy atom. The number of aryl methyl sites for hydroxylation is 1. The molecule has 4 aromatic rings. The van der Waals surface area contributed by atoms with Crippen molar-refractivity contribution in [2.75, 3.05) is 30.4 Å². The number of esters is 1. The normalized spacial score (nSPS) is 14.2. The Hall–Kier alpha value is -4.30. The van der Waals surface area contributed by atoms with Gasteiger partial charge in [-0.2, -0.15) is 0 Å². The molecule has 1 atom stereocenters. The molecule has 2 heterocycles. The lowest BCUT2D eigenvalue weighted by molar-refractivity contribution is -0.144.